The third-order valence-corrected chi connectivity index (χ3v) is 2.01. The summed E-state index contributed by atoms with van der Waals surface area (Å²) in [5.74, 6) is 0. The highest BCUT2D eigenvalue weighted by molar-refractivity contribution is 5.31. The SMILES string of the molecule is CC[C@H](O)c1ccccc1C(F)(F)F. The maximum atomic E-state index is 12.4. The average Bonchev–Trinajstić information content (AvgIpc) is 2.15. The van der Waals surface area contributed by atoms with Crippen LogP contribution in [0.4, 0.5) is 13.2 Å². The number of rotatable bonds is 2. The van der Waals surface area contributed by atoms with Gasteiger partial charge < -0.3 is 5.11 Å². The fourth-order valence-electron chi connectivity index (χ4n) is 1.27. The van der Waals surface area contributed by atoms with E-state index in [4.69, 9.17) is 0 Å². The van der Waals surface area contributed by atoms with E-state index >= 15 is 0 Å². The molecule has 0 aromatic heterocycles. The van der Waals surface area contributed by atoms with Crippen molar-refractivity contribution in [3.05, 3.63) is 35.4 Å². The van der Waals surface area contributed by atoms with Crippen LogP contribution in [0.25, 0.3) is 0 Å². The van der Waals surface area contributed by atoms with Gasteiger partial charge in [-0.05, 0) is 18.1 Å². The van der Waals surface area contributed by atoms with E-state index in [1.165, 1.54) is 18.2 Å². The average molecular weight is 204 g/mol. The molecule has 0 fully saturated rings. The lowest BCUT2D eigenvalue weighted by Gasteiger charge is -2.15. The zero-order valence-electron chi connectivity index (χ0n) is 7.67. The summed E-state index contributed by atoms with van der Waals surface area (Å²) in [5, 5.41) is 9.37. The fraction of sp³-hybridized carbons (Fsp3) is 0.400. The summed E-state index contributed by atoms with van der Waals surface area (Å²) < 4.78 is 37.3. The van der Waals surface area contributed by atoms with Gasteiger partial charge in [0.25, 0.3) is 0 Å². The number of hydrogen-bond donors (Lipinski definition) is 1. The van der Waals surface area contributed by atoms with Gasteiger partial charge in [0.15, 0.2) is 0 Å². The van der Waals surface area contributed by atoms with Crippen LogP contribution in [0.3, 0.4) is 0 Å². The van der Waals surface area contributed by atoms with Gasteiger partial charge in [-0.25, -0.2) is 0 Å². The van der Waals surface area contributed by atoms with E-state index < -0.39 is 17.8 Å². The maximum absolute atomic E-state index is 12.4. The van der Waals surface area contributed by atoms with Crippen LogP contribution in [0.1, 0.15) is 30.6 Å². The molecular weight excluding hydrogens is 193 g/mol. The Labute approximate surface area is 80.2 Å². The number of hydrogen-bond acceptors (Lipinski definition) is 1. The molecule has 1 aromatic rings. The molecule has 0 saturated carbocycles. The van der Waals surface area contributed by atoms with Gasteiger partial charge in [0.2, 0.25) is 0 Å². The molecule has 0 heterocycles. The van der Waals surface area contributed by atoms with Gasteiger partial charge in [-0.15, -0.1) is 0 Å². The molecule has 0 saturated heterocycles. The maximum Gasteiger partial charge on any atom is 0.416 e. The van der Waals surface area contributed by atoms with Gasteiger partial charge in [-0.1, -0.05) is 25.1 Å². The van der Waals surface area contributed by atoms with Crippen molar-refractivity contribution in [3.63, 3.8) is 0 Å². The quantitative estimate of drug-likeness (QED) is 0.784. The second-order valence-electron chi connectivity index (χ2n) is 3.01. The largest absolute Gasteiger partial charge is 0.416 e. The summed E-state index contributed by atoms with van der Waals surface area (Å²) in [5.41, 5.74) is -0.808. The van der Waals surface area contributed by atoms with Gasteiger partial charge in [0.05, 0.1) is 11.7 Å². The van der Waals surface area contributed by atoms with E-state index in [2.05, 4.69) is 0 Å². The number of aliphatic hydroxyl groups is 1. The Morgan fingerprint density at radius 2 is 1.86 bits per heavy atom. The minimum atomic E-state index is -4.40. The van der Waals surface area contributed by atoms with Gasteiger partial charge >= 0.3 is 6.18 Å². The van der Waals surface area contributed by atoms with Crippen LogP contribution in [0.15, 0.2) is 24.3 Å². The zero-order valence-corrected chi connectivity index (χ0v) is 7.67. The highest BCUT2D eigenvalue weighted by Crippen LogP contribution is 2.35. The summed E-state index contributed by atoms with van der Waals surface area (Å²) in [6.45, 7) is 1.64. The highest BCUT2D eigenvalue weighted by Gasteiger charge is 2.34. The molecule has 0 unspecified atom stereocenters. The first-order valence-electron chi connectivity index (χ1n) is 4.31. The lowest BCUT2D eigenvalue weighted by Crippen LogP contribution is -2.11. The molecule has 1 aromatic carbocycles. The van der Waals surface area contributed by atoms with E-state index in [1.807, 2.05) is 0 Å². The topological polar surface area (TPSA) is 20.2 Å². The van der Waals surface area contributed by atoms with Crippen molar-refractivity contribution in [1.82, 2.24) is 0 Å². The third kappa shape index (κ3) is 2.26. The van der Waals surface area contributed by atoms with Crippen LogP contribution in [0.2, 0.25) is 0 Å². The van der Waals surface area contributed by atoms with Crippen molar-refractivity contribution in [3.8, 4) is 0 Å². The van der Waals surface area contributed by atoms with Crippen molar-refractivity contribution in [2.45, 2.75) is 25.6 Å². The first kappa shape index (κ1) is 11.0. The predicted octanol–water partition coefficient (Wildman–Crippen LogP) is 3.15. The summed E-state index contributed by atoms with van der Waals surface area (Å²) in [4.78, 5) is 0. The predicted molar refractivity (Wildman–Crippen MR) is 46.7 cm³/mol. The minimum Gasteiger partial charge on any atom is -0.388 e. The van der Waals surface area contributed by atoms with Gasteiger partial charge in [-0.2, -0.15) is 13.2 Å². The van der Waals surface area contributed by atoms with E-state index in [0.29, 0.717) is 0 Å². The van der Waals surface area contributed by atoms with Crippen LogP contribution >= 0.6 is 0 Å². The smallest absolute Gasteiger partial charge is 0.388 e. The lowest BCUT2D eigenvalue weighted by atomic mass is 10.0. The van der Waals surface area contributed by atoms with Crippen LogP contribution in [-0.2, 0) is 6.18 Å². The molecule has 0 radical (unpaired) electrons. The molecule has 4 heteroatoms. The molecule has 14 heavy (non-hydrogen) atoms. The van der Waals surface area contributed by atoms with E-state index in [0.717, 1.165) is 6.07 Å². The molecule has 1 nitrogen and oxygen atoms in total. The first-order valence-corrected chi connectivity index (χ1v) is 4.31. The first-order chi connectivity index (χ1) is 6.46. The van der Waals surface area contributed by atoms with Crippen LogP contribution in [0, 0.1) is 0 Å². The minimum absolute atomic E-state index is 0.0532. The van der Waals surface area contributed by atoms with E-state index in [1.54, 1.807) is 6.92 Å². The Morgan fingerprint density at radius 3 is 2.36 bits per heavy atom. The Morgan fingerprint density at radius 1 is 1.29 bits per heavy atom. The number of alkyl halides is 3. The van der Waals surface area contributed by atoms with Crippen LogP contribution in [0.5, 0.6) is 0 Å². The molecule has 0 spiro atoms. The van der Waals surface area contributed by atoms with Gasteiger partial charge in [0.1, 0.15) is 0 Å². The van der Waals surface area contributed by atoms with Crippen molar-refractivity contribution >= 4 is 0 Å². The van der Waals surface area contributed by atoms with E-state index in [-0.39, 0.29) is 12.0 Å². The summed E-state index contributed by atoms with van der Waals surface area (Å²) in [7, 11) is 0. The Hall–Kier alpha value is -1.03. The molecular formula is C10H11F3O. The highest BCUT2D eigenvalue weighted by atomic mass is 19.4. The monoisotopic (exact) mass is 204 g/mol. The molecule has 0 amide bonds. The lowest BCUT2D eigenvalue weighted by molar-refractivity contribution is -0.139. The molecule has 0 aliphatic heterocycles. The Balaban J connectivity index is 3.16. The Kier molecular flexibility index (Phi) is 3.16. The van der Waals surface area contributed by atoms with Gasteiger partial charge in [0, 0.05) is 0 Å². The summed E-state index contributed by atoms with van der Waals surface area (Å²) >= 11 is 0. The van der Waals surface area contributed by atoms with Crippen molar-refractivity contribution < 1.29 is 18.3 Å². The van der Waals surface area contributed by atoms with Crippen molar-refractivity contribution in [1.29, 1.82) is 0 Å². The number of benzene rings is 1. The van der Waals surface area contributed by atoms with Gasteiger partial charge in [-0.3, -0.25) is 0 Å². The molecule has 1 N–H and O–H groups in total. The van der Waals surface area contributed by atoms with Crippen LogP contribution in [-0.4, -0.2) is 5.11 Å². The number of halogens is 3. The van der Waals surface area contributed by atoms with E-state index in [9.17, 15) is 18.3 Å². The zero-order chi connectivity index (χ0) is 10.8. The molecule has 1 rings (SSSR count). The Bertz CT molecular complexity index is 306. The van der Waals surface area contributed by atoms with Crippen molar-refractivity contribution in [2.75, 3.05) is 0 Å². The standard InChI is InChI=1S/C10H11F3O/c1-2-9(14)7-5-3-4-6-8(7)10(11,12)13/h3-6,9,14H,2H2,1H3/t9-/m0/s1. The molecule has 78 valence electrons. The van der Waals surface area contributed by atoms with Crippen LogP contribution < -0.4 is 0 Å². The molecule has 1 atom stereocenters. The molecule has 0 aliphatic carbocycles. The second kappa shape index (κ2) is 4.00. The second-order valence-corrected chi connectivity index (χ2v) is 3.01. The summed E-state index contributed by atoms with van der Waals surface area (Å²) in [6.07, 6.45) is -5.17. The summed E-state index contributed by atoms with van der Waals surface area (Å²) in [6, 6.07) is 5.09. The molecule has 0 bridgehead atoms. The van der Waals surface area contributed by atoms with Crippen molar-refractivity contribution in [2.24, 2.45) is 0 Å². The molecule has 0 aliphatic rings. The number of aliphatic hydroxyl groups excluding tert-OH is 1. The normalized spacial score (nSPS) is 14.1. The third-order valence-electron chi connectivity index (χ3n) is 2.01. The fourth-order valence-corrected chi connectivity index (χ4v) is 1.27.